The van der Waals surface area contributed by atoms with Crippen molar-refractivity contribution in [1.29, 1.82) is 0 Å². The predicted molar refractivity (Wildman–Crippen MR) is 85.5 cm³/mol. The Balaban J connectivity index is 1.62. The second-order valence-electron chi connectivity index (χ2n) is 6.50. The van der Waals surface area contributed by atoms with Crippen molar-refractivity contribution in [2.45, 2.75) is 37.6 Å². The Kier molecular flexibility index (Phi) is 3.59. The minimum absolute atomic E-state index is 0.0244. The number of oxazole rings is 1. The first kappa shape index (κ1) is 14.9. The number of benzene rings is 1. The molecule has 2 fully saturated rings. The van der Waals surface area contributed by atoms with Crippen LogP contribution in [0.5, 0.6) is 0 Å². The molecule has 0 bridgehead atoms. The smallest absolute Gasteiger partial charge is 0.326 e. The Labute approximate surface area is 138 Å². The molecule has 6 heteroatoms. The highest BCUT2D eigenvalue weighted by molar-refractivity contribution is 5.96. The molecule has 1 amide bonds. The van der Waals surface area contributed by atoms with Crippen molar-refractivity contribution < 1.29 is 19.1 Å². The van der Waals surface area contributed by atoms with Gasteiger partial charge in [0.2, 0.25) is 5.89 Å². The van der Waals surface area contributed by atoms with Gasteiger partial charge in [0.1, 0.15) is 11.8 Å². The molecule has 2 aliphatic rings. The lowest BCUT2D eigenvalue weighted by Gasteiger charge is -2.12. The van der Waals surface area contributed by atoms with Crippen LogP contribution in [0.15, 0.2) is 34.7 Å². The second kappa shape index (κ2) is 5.78. The van der Waals surface area contributed by atoms with E-state index in [0.717, 1.165) is 31.2 Å². The van der Waals surface area contributed by atoms with Crippen molar-refractivity contribution in [3.8, 4) is 11.5 Å². The third-order valence-electron chi connectivity index (χ3n) is 4.48. The van der Waals surface area contributed by atoms with Gasteiger partial charge in [0, 0.05) is 11.5 Å². The Morgan fingerprint density at radius 3 is 2.46 bits per heavy atom. The average molecular weight is 326 g/mol. The van der Waals surface area contributed by atoms with Crippen LogP contribution in [0, 0.1) is 5.92 Å². The molecule has 0 unspecified atom stereocenters. The van der Waals surface area contributed by atoms with Gasteiger partial charge in [-0.3, -0.25) is 4.79 Å². The zero-order chi connectivity index (χ0) is 16.7. The molecule has 2 aromatic rings. The molecule has 2 N–H and O–H groups in total. The molecule has 1 atom stereocenters. The largest absolute Gasteiger partial charge is 0.480 e. The first-order valence-corrected chi connectivity index (χ1v) is 8.23. The number of aliphatic carboxylic acids is 1. The highest BCUT2D eigenvalue weighted by Gasteiger charge is 2.40. The van der Waals surface area contributed by atoms with Gasteiger partial charge >= 0.3 is 5.97 Å². The number of nitrogens with one attached hydrogen (secondary N) is 1. The third kappa shape index (κ3) is 2.91. The fourth-order valence-corrected chi connectivity index (χ4v) is 2.84. The lowest BCUT2D eigenvalue weighted by molar-refractivity contribution is -0.139. The Morgan fingerprint density at radius 1 is 1.17 bits per heavy atom. The molecule has 0 saturated heterocycles. The van der Waals surface area contributed by atoms with Crippen molar-refractivity contribution in [3.63, 3.8) is 0 Å². The molecule has 0 spiro atoms. The summed E-state index contributed by atoms with van der Waals surface area (Å²) in [4.78, 5) is 28.3. The molecule has 1 heterocycles. The molecule has 4 rings (SSSR count). The third-order valence-corrected chi connectivity index (χ3v) is 4.48. The van der Waals surface area contributed by atoms with E-state index in [1.54, 1.807) is 0 Å². The fraction of sp³-hybridized carbons (Fsp3) is 0.389. The van der Waals surface area contributed by atoms with Gasteiger partial charge in [-0.1, -0.05) is 18.2 Å². The molecule has 6 nitrogen and oxygen atoms in total. The monoisotopic (exact) mass is 326 g/mol. The first-order chi connectivity index (χ1) is 11.6. The minimum Gasteiger partial charge on any atom is -0.480 e. The van der Waals surface area contributed by atoms with Gasteiger partial charge in [0.25, 0.3) is 5.91 Å². The molecule has 1 aromatic carbocycles. The standard InChI is InChI=1S/C18H18N2O4/c21-16(19-13(18(22)23)10-6-7-10)14-15(11-8-9-11)24-17(20-14)12-4-2-1-3-5-12/h1-5,10-11,13H,6-9H2,(H,19,21)(H,22,23)/t13-/m0/s1. The zero-order valence-electron chi connectivity index (χ0n) is 13.1. The van der Waals surface area contributed by atoms with Crippen LogP contribution in [0.2, 0.25) is 0 Å². The zero-order valence-corrected chi connectivity index (χ0v) is 13.1. The average Bonchev–Trinajstić information content (AvgIpc) is 3.51. The van der Waals surface area contributed by atoms with E-state index in [-0.39, 0.29) is 17.5 Å². The highest BCUT2D eigenvalue weighted by Crippen LogP contribution is 2.43. The van der Waals surface area contributed by atoms with Crippen molar-refractivity contribution in [2.75, 3.05) is 0 Å². The van der Waals surface area contributed by atoms with Gasteiger partial charge < -0.3 is 14.8 Å². The van der Waals surface area contributed by atoms with Gasteiger partial charge in [-0.2, -0.15) is 0 Å². The molecular formula is C18H18N2O4. The summed E-state index contributed by atoms with van der Waals surface area (Å²) in [6.45, 7) is 0. The van der Waals surface area contributed by atoms with Crippen molar-refractivity contribution in [2.24, 2.45) is 5.92 Å². The SMILES string of the molecule is O=C(N[C@H](C(=O)O)C1CC1)c1nc(-c2ccccc2)oc1C1CC1. The molecule has 2 aliphatic carbocycles. The summed E-state index contributed by atoms with van der Waals surface area (Å²) in [6.07, 6.45) is 3.60. The molecule has 0 aliphatic heterocycles. The van der Waals surface area contributed by atoms with Gasteiger partial charge in [-0.25, -0.2) is 9.78 Å². The first-order valence-electron chi connectivity index (χ1n) is 8.23. The quantitative estimate of drug-likeness (QED) is 0.851. The van der Waals surface area contributed by atoms with Crippen molar-refractivity contribution in [1.82, 2.24) is 10.3 Å². The Morgan fingerprint density at radius 2 is 1.88 bits per heavy atom. The van der Waals surface area contributed by atoms with Gasteiger partial charge in [0.05, 0.1) is 0 Å². The Hall–Kier alpha value is -2.63. The summed E-state index contributed by atoms with van der Waals surface area (Å²) >= 11 is 0. The van der Waals surface area contributed by atoms with Crippen LogP contribution in [-0.4, -0.2) is 28.0 Å². The number of hydrogen-bond donors (Lipinski definition) is 2. The van der Waals surface area contributed by atoms with Crippen molar-refractivity contribution in [3.05, 3.63) is 41.8 Å². The molecule has 1 aromatic heterocycles. The van der Waals surface area contributed by atoms with E-state index < -0.39 is 17.9 Å². The van der Waals surface area contributed by atoms with Gasteiger partial charge in [0.15, 0.2) is 5.69 Å². The van der Waals surface area contributed by atoms with Crippen LogP contribution >= 0.6 is 0 Å². The van der Waals surface area contributed by atoms with Crippen LogP contribution in [0.4, 0.5) is 0 Å². The van der Waals surface area contributed by atoms with E-state index >= 15 is 0 Å². The van der Waals surface area contributed by atoms with E-state index in [2.05, 4.69) is 10.3 Å². The van der Waals surface area contributed by atoms with Crippen LogP contribution in [0.1, 0.15) is 47.8 Å². The van der Waals surface area contributed by atoms with E-state index in [0.29, 0.717) is 11.7 Å². The number of nitrogens with zero attached hydrogens (tertiary/aromatic N) is 1. The highest BCUT2D eigenvalue weighted by atomic mass is 16.4. The molecule has 0 radical (unpaired) electrons. The number of carboxylic acids is 1. The van der Waals surface area contributed by atoms with E-state index in [4.69, 9.17) is 4.42 Å². The fourth-order valence-electron chi connectivity index (χ4n) is 2.84. The number of carbonyl (C=O) groups is 2. The molecule has 24 heavy (non-hydrogen) atoms. The number of hydrogen-bond acceptors (Lipinski definition) is 4. The van der Waals surface area contributed by atoms with E-state index in [9.17, 15) is 14.7 Å². The van der Waals surface area contributed by atoms with E-state index in [1.807, 2.05) is 30.3 Å². The maximum Gasteiger partial charge on any atom is 0.326 e. The lowest BCUT2D eigenvalue weighted by atomic mass is 10.1. The number of aromatic nitrogens is 1. The second-order valence-corrected chi connectivity index (χ2v) is 6.50. The summed E-state index contributed by atoms with van der Waals surface area (Å²) in [5.41, 5.74) is 1.03. The number of amides is 1. The summed E-state index contributed by atoms with van der Waals surface area (Å²) in [7, 11) is 0. The van der Waals surface area contributed by atoms with Crippen LogP contribution < -0.4 is 5.32 Å². The van der Waals surface area contributed by atoms with Gasteiger partial charge in [-0.15, -0.1) is 0 Å². The summed E-state index contributed by atoms with van der Waals surface area (Å²) in [5.74, 6) is -0.240. The van der Waals surface area contributed by atoms with Crippen LogP contribution in [0.3, 0.4) is 0 Å². The number of carboxylic acid groups (broad SMARTS) is 1. The summed E-state index contributed by atoms with van der Waals surface area (Å²) in [5, 5.41) is 11.9. The van der Waals surface area contributed by atoms with Gasteiger partial charge in [-0.05, 0) is 43.7 Å². The van der Waals surface area contributed by atoms with E-state index in [1.165, 1.54) is 0 Å². The lowest BCUT2D eigenvalue weighted by Crippen LogP contribution is -2.42. The van der Waals surface area contributed by atoms with Crippen molar-refractivity contribution >= 4 is 11.9 Å². The molecular weight excluding hydrogens is 308 g/mol. The topological polar surface area (TPSA) is 92.4 Å². The summed E-state index contributed by atoms with van der Waals surface area (Å²) < 4.78 is 5.84. The summed E-state index contributed by atoms with van der Waals surface area (Å²) in [6, 6.07) is 8.55. The molecule has 124 valence electrons. The Bertz CT molecular complexity index is 776. The number of carbonyl (C=O) groups excluding carboxylic acids is 1. The van der Waals surface area contributed by atoms with Crippen LogP contribution in [0.25, 0.3) is 11.5 Å². The minimum atomic E-state index is -0.995. The molecule has 2 saturated carbocycles. The maximum atomic E-state index is 12.6. The predicted octanol–water partition coefficient (Wildman–Crippen LogP) is 2.81. The normalized spacial score (nSPS) is 18.2. The number of rotatable bonds is 6. The maximum absolute atomic E-state index is 12.6. The van der Waals surface area contributed by atoms with Crippen LogP contribution in [-0.2, 0) is 4.79 Å².